The molecule has 0 saturated carbocycles. The number of anilines is 2. The standard InChI is InChI=1S/C19H25N3O2/c1-3-5-6-11-21-17-12-15(13-20-14-17)19(23)22-16-7-9-18(10-8-16)24-4-2/h7-10,12-14,21H,3-6,11H2,1-2H3,(H,22,23). The molecule has 0 saturated heterocycles. The van der Waals surface area contributed by atoms with E-state index in [2.05, 4.69) is 22.5 Å². The Kier molecular flexibility index (Phi) is 7.08. The second-order valence-corrected chi connectivity index (χ2v) is 5.51. The number of benzene rings is 1. The Morgan fingerprint density at radius 1 is 1.08 bits per heavy atom. The van der Waals surface area contributed by atoms with Crippen molar-refractivity contribution in [3.8, 4) is 5.75 Å². The molecule has 1 aromatic carbocycles. The zero-order valence-electron chi connectivity index (χ0n) is 14.3. The third-order valence-corrected chi connectivity index (χ3v) is 3.53. The number of rotatable bonds is 9. The molecule has 1 heterocycles. The van der Waals surface area contributed by atoms with E-state index in [9.17, 15) is 4.79 Å². The maximum absolute atomic E-state index is 12.3. The van der Waals surface area contributed by atoms with Crippen molar-refractivity contribution in [2.75, 3.05) is 23.8 Å². The van der Waals surface area contributed by atoms with E-state index in [0.717, 1.165) is 30.1 Å². The molecule has 128 valence electrons. The van der Waals surface area contributed by atoms with Gasteiger partial charge in [0, 0.05) is 24.6 Å². The summed E-state index contributed by atoms with van der Waals surface area (Å²) in [5.41, 5.74) is 2.12. The molecule has 5 heteroatoms. The first kappa shape index (κ1) is 17.8. The number of ether oxygens (including phenoxy) is 1. The number of pyridine rings is 1. The van der Waals surface area contributed by atoms with Crippen LogP contribution in [0.5, 0.6) is 5.75 Å². The van der Waals surface area contributed by atoms with Crippen LogP contribution >= 0.6 is 0 Å². The molecule has 0 spiro atoms. The Morgan fingerprint density at radius 2 is 1.88 bits per heavy atom. The molecular formula is C19H25N3O2. The smallest absolute Gasteiger partial charge is 0.257 e. The summed E-state index contributed by atoms with van der Waals surface area (Å²) >= 11 is 0. The minimum atomic E-state index is -0.177. The van der Waals surface area contributed by atoms with Gasteiger partial charge in [-0.05, 0) is 43.7 Å². The second kappa shape index (κ2) is 9.55. The molecule has 2 N–H and O–H groups in total. The molecular weight excluding hydrogens is 302 g/mol. The Hall–Kier alpha value is -2.56. The van der Waals surface area contributed by atoms with E-state index in [0.29, 0.717) is 12.2 Å². The average Bonchev–Trinajstić information content (AvgIpc) is 2.61. The Morgan fingerprint density at radius 3 is 2.58 bits per heavy atom. The van der Waals surface area contributed by atoms with Crippen molar-refractivity contribution in [2.45, 2.75) is 33.1 Å². The Balaban J connectivity index is 1.94. The lowest BCUT2D eigenvalue weighted by Gasteiger charge is -2.09. The van der Waals surface area contributed by atoms with Gasteiger partial charge in [0.25, 0.3) is 5.91 Å². The van der Waals surface area contributed by atoms with Crippen LogP contribution in [0.15, 0.2) is 42.7 Å². The molecule has 2 rings (SSSR count). The van der Waals surface area contributed by atoms with E-state index in [-0.39, 0.29) is 5.91 Å². The number of aromatic nitrogens is 1. The number of hydrogen-bond donors (Lipinski definition) is 2. The second-order valence-electron chi connectivity index (χ2n) is 5.51. The van der Waals surface area contributed by atoms with Crippen LogP contribution in [-0.2, 0) is 0 Å². The average molecular weight is 327 g/mol. The summed E-state index contributed by atoms with van der Waals surface area (Å²) in [6, 6.07) is 9.14. The van der Waals surface area contributed by atoms with Crippen molar-refractivity contribution < 1.29 is 9.53 Å². The summed E-state index contributed by atoms with van der Waals surface area (Å²) in [6.45, 7) is 5.62. The molecule has 5 nitrogen and oxygen atoms in total. The van der Waals surface area contributed by atoms with E-state index in [1.807, 2.05) is 37.3 Å². The minimum absolute atomic E-state index is 0.177. The highest BCUT2D eigenvalue weighted by atomic mass is 16.5. The molecule has 0 bridgehead atoms. The van der Waals surface area contributed by atoms with E-state index in [1.54, 1.807) is 12.4 Å². The number of hydrogen-bond acceptors (Lipinski definition) is 4. The minimum Gasteiger partial charge on any atom is -0.494 e. The lowest BCUT2D eigenvalue weighted by Crippen LogP contribution is -2.13. The maximum atomic E-state index is 12.3. The zero-order chi connectivity index (χ0) is 17.2. The first-order chi connectivity index (χ1) is 11.7. The third kappa shape index (κ3) is 5.57. The van der Waals surface area contributed by atoms with Crippen molar-refractivity contribution in [1.82, 2.24) is 4.98 Å². The summed E-state index contributed by atoms with van der Waals surface area (Å²) in [5.74, 6) is 0.610. The summed E-state index contributed by atoms with van der Waals surface area (Å²) in [5, 5.41) is 6.17. The lowest BCUT2D eigenvalue weighted by molar-refractivity contribution is 0.102. The van der Waals surface area contributed by atoms with Crippen LogP contribution in [0.1, 0.15) is 43.5 Å². The van der Waals surface area contributed by atoms with Crippen LogP contribution in [0, 0.1) is 0 Å². The van der Waals surface area contributed by atoms with E-state index in [4.69, 9.17) is 4.74 Å². The van der Waals surface area contributed by atoms with Gasteiger partial charge in [-0.15, -0.1) is 0 Å². The molecule has 0 aliphatic rings. The van der Waals surface area contributed by atoms with Crippen molar-refractivity contribution in [1.29, 1.82) is 0 Å². The van der Waals surface area contributed by atoms with Crippen LogP contribution in [-0.4, -0.2) is 24.0 Å². The summed E-state index contributed by atoms with van der Waals surface area (Å²) < 4.78 is 5.39. The van der Waals surface area contributed by atoms with E-state index < -0.39 is 0 Å². The fraction of sp³-hybridized carbons (Fsp3) is 0.368. The van der Waals surface area contributed by atoms with Crippen molar-refractivity contribution >= 4 is 17.3 Å². The molecule has 1 amide bonds. The largest absolute Gasteiger partial charge is 0.494 e. The SMILES string of the molecule is CCCCCNc1cncc(C(=O)Nc2ccc(OCC)cc2)c1. The predicted octanol–water partition coefficient (Wildman–Crippen LogP) is 4.33. The molecule has 1 aromatic heterocycles. The monoisotopic (exact) mass is 327 g/mol. The van der Waals surface area contributed by atoms with Crippen LogP contribution < -0.4 is 15.4 Å². The van der Waals surface area contributed by atoms with Crippen LogP contribution in [0.2, 0.25) is 0 Å². The van der Waals surface area contributed by atoms with Gasteiger partial charge in [-0.25, -0.2) is 0 Å². The van der Waals surface area contributed by atoms with Gasteiger partial charge < -0.3 is 15.4 Å². The molecule has 0 fully saturated rings. The van der Waals surface area contributed by atoms with Crippen LogP contribution in [0.4, 0.5) is 11.4 Å². The number of carbonyl (C=O) groups excluding carboxylic acids is 1. The van der Waals surface area contributed by atoms with Crippen molar-refractivity contribution in [2.24, 2.45) is 0 Å². The van der Waals surface area contributed by atoms with Gasteiger partial charge in [-0.1, -0.05) is 19.8 Å². The summed E-state index contributed by atoms with van der Waals surface area (Å²) in [7, 11) is 0. The van der Waals surface area contributed by atoms with Gasteiger partial charge in [0.1, 0.15) is 5.75 Å². The molecule has 0 aliphatic heterocycles. The van der Waals surface area contributed by atoms with Gasteiger partial charge >= 0.3 is 0 Å². The molecule has 2 aromatic rings. The van der Waals surface area contributed by atoms with Crippen molar-refractivity contribution in [3.63, 3.8) is 0 Å². The van der Waals surface area contributed by atoms with Crippen LogP contribution in [0.25, 0.3) is 0 Å². The number of nitrogens with one attached hydrogen (secondary N) is 2. The lowest BCUT2D eigenvalue weighted by atomic mass is 10.2. The maximum Gasteiger partial charge on any atom is 0.257 e. The molecule has 24 heavy (non-hydrogen) atoms. The molecule has 0 unspecified atom stereocenters. The number of nitrogens with zero attached hydrogens (tertiary/aromatic N) is 1. The fourth-order valence-electron chi connectivity index (χ4n) is 2.27. The molecule has 0 radical (unpaired) electrons. The Bertz CT molecular complexity index is 641. The fourth-order valence-corrected chi connectivity index (χ4v) is 2.27. The van der Waals surface area contributed by atoms with Gasteiger partial charge in [0.15, 0.2) is 0 Å². The topological polar surface area (TPSA) is 63.2 Å². The molecule has 0 aliphatic carbocycles. The highest BCUT2D eigenvalue weighted by Crippen LogP contribution is 2.17. The zero-order valence-corrected chi connectivity index (χ0v) is 14.3. The first-order valence-electron chi connectivity index (χ1n) is 8.46. The molecule has 0 atom stereocenters. The summed E-state index contributed by atoms with van der Waals surface area (Å²) in [4.78, 5) is 16.5. The predicted molar refractivity (Wildman–Crippen MR) is 97.8 cm³/mol. The number of carbonyl (C=O) groups is 1. The highest BCUT2D eigenvalue weighted by molar-refractivity contribution is 6.04. The highest BCUT2D eigenvalue weighted by Gasteiger charge is 2.08. The van der Waals surface area contributed by atoms with Crippen molar-refractivity contribution in [3.05, 3.63) is 48.3 Å². The normalized spacial score (nSPS) is 10.2. The van der Waals surface area contributed by atoms with Gasteiger partial charge in [0.2, 0.25) is 0 Å². The Labute approximate surface area is 143 Å². The van der Waals surface area contributed by atoms with E-state index in [1.165, 1.54) is 12.8 Å². The summed E-state index contributed by atoms with van der Waals surface area (Å²) in [6.07, 6.45) is 6.79. The van der Waals surface area contributed by atoms with Gasteiger partial charge in [-0.2, -0.15) is 0 Å². The first-order valence-corrected chi connectivity index (χ1v) is 8.46. The third-order valence-electron chi connectivity index (χ3n) is 3.53. The van der Waals surface area contributed by atoms with Gasteiger partial charge in [0.05, 0.1) is 17.9 Å². The number of unbranched alkanes of at least 4 members (excludes halogenated alkanes) is 2. The van der Waals surface area contributed by atoms with E-state index >= 15 is 0 Å². The quantitative estimate of drug-likeness (QED) is 0.673. The van der Waals surface area contributed by atoms with Gasteiger partial charge in [-0.3, -0.25) is 9.78 Å². The van der Waals surface area contributed by atoms with Crippen LogP contribution in [0.3, 0.4) is 0 Å². The number of amides is 1.